The molecule has 1 N–H and O–H groups in total. The number of aliphatic carboxylic acids is 1. The zero-order chi connectivity index (χ0) is 28.0. The van der Waals surface area contributed by atoms with E-state index in [1.54, 1.807) is 6.08 Å². The summed E-state index contributed by atoms with van der Waals surface area (Å²) in [4.78, 5) is 23.9. The Kier molecular flexibility index (Phi) is 9.44. The summed E-state index contributed by atoms with van der Waals surface area (Å²) in [6.07, 6.45) is 20.7. The largest absolute Gasteiger partial charge is 0.478 e. The van der Waals surface area contributed by atoms with E-state index in [2.05, 4.69) is 19.1 Å². The molecular formula is C36H46O4. The summed E-state index contributed by atoms with van der Waals surface area (Å²) in [5.41, 5.74) is 4.43. The van der Waals surface area contributed by atoms with Gasteiger partial charge in [-0.2, -0.15) is 0 Å². The molecule has 6 rings (SSSR count). The third-order valence-corrected chi connectivity index (χ3v) is 9.71. The number of carbonyl (C=O) groups excluding carboxylic acids is 1. The van der Waals surface area contributed by atoms with Crippen molar-refractivity contribution >= 4 is 18.0 Å². The van der Waals surface area contributed by atoms with E-state index in [9.17, 15) is 9.59 Å². The number of benzene rings is 2. The van der Waals surface area contributed by atoms with Gasteiger partial charge < -0.3 is 9.84 Å². The molecular weight excluding hydrogens is 496 g/mol. The van der Waals surface area contributed by atoms with Crippen molar-refractivity contribution in [3.8, 4) is 16.9 Å². The predicted molar refractivity (Wildman–Crippen MR) is 161 cm³/mol. The van der Waals surface area contributed by atoms with E-state index in [4.69, 9.17) is 9.84 Å². The fraction of sp³-hybridized carbons (Fsp3) is 0.556. The van der Waals surface area contributed by atoms with E-state index in [0.29, 0.717) is 6.42 Å². The minimum Gasteiger partial charge on any atom is -0.478 e. The Balaban J connectivity index is 1.31. The summed E-state index contributed by atoms with van der Waals surface area (Å²) in [5, 5.41) is 8.93. The summed E-state index contributed by atoms with van der Waals surface area (Å²) in [6, 6.07) is 14.4. The van der Waals surface area contributed by atoms with E-state index in [1.165, 1.54) is 82.6 Å². The van der Waals surface area contributed by atoms with Gasteiger partial charge in [0, 0.05) is 18.1 Å². The molecule has 4 aliphatic carbocycles. The Labute approximate surface area is 240 Å². The molecule has 0 aliphatic heterocycles. The monoisotopic (exact) mass is 542 g/mol. The lowest BCUT2D eigenvalue weighted by molar-refractivity contribution is -0.134. The summed E-state index contributed by atoms with van der Waals surface area (Å²) < 4.78 is 6.16. The van der Waals surface area contributed by atoms with Crippen LogP contribution in [0, 0.1) is 17.8 Å². The van der Waals surface area contributed by atoms with E-state index in [1.807, 2.05) is 30.3 Å². The molecule has 0 unspecified atom stereocenters. The predicted octanol–water partition coefficient (Wildman–Crippen LogP) is 9.36. The first-order chi connectivity index (χ1) is 19.4. The Morgan fingerprint density at radius 1 is 0.825 bits per heavy atom. The van der Waals surface area contributed by atoms with E-state index in [-0.39, 0.29) is 11.4 Å². The molecule has 4 heteroatoms. The van der Waals surface area contributed by atoms with Crippen molar-refractivity contribution < 1.29 is 19.4 Å². The highest BCUT2D eigenvalue weighted by atomic mass is 16.5. The van der Waals surface area contributed by atoms with Gasteiger partial charge in [-0.25, -0.2) is 4.79 Å². The van der Waals surface area contributed by atoms with Crippen LogP contribution in [0.25, 0.3) is 17.2 Å². The van der Waals surface area contributed by atoms with Gasteiger partial charge in [-0.1, -0.05) is 82.2 Å². The molecule has 4 nitrogen and oxygen atoms in total. The van der Waals surface area contributed by atoms with Gasteiger partial charge >= 0.3 is 11.9 Å². The lowest BCUT2D eigenvalue weighted by Gasteiger charge is -2.57. The van der Waals surface area contributed by atoms with Gasteiger partial charge in [-0.15, -0.1) is 0 Å². The van der Waals surface area contributed by atoms with E-state index >= 15 is 0 Å². The number of hydrogen-bond donors (Lipinski definition) is 1. The third kappa shape index (κ3) is 7.06. The first-order valence-corrected chi connectivity index (χ1v) is 15.8. The number of ether oxygens (including phenoxy) is 1. The van der Waals surface area contributed by atoms with Gasteiger partial charge in [0.15, 0.2) is 0 Å². The number of carboxylic acid groups (broad SMARTS) is 1. The number of carbonyl (C=O) groups is 2. The van der Waals surface area contributed by atoms with Crippen molar-refractivity contribution in [2.45, 2.75) is 109 Å². The summed E-state index contributed by atoms with van der Waals surface area (Å²) in [6.45, 7) is 2.25. The maximum Gasteiger partial charge on any atom is 0.328 e. The molecule has 0 aromatic heterocycles. The summed E-state index contributed by atoms with van der Waals surface area (Å²) >= 11 is 0. The number of rotatable bonds is 14. The highest BCUT2D eigenvalue weighted by molar-refractivity contribution is 5.85. The topological polar surface area (TPSA) is 63.6 Å². The third-order valence-electron chi connectivity index (χ3n) is 9.71. The molecule has 0 saturated heterocycles. The van der Waals surface area contributed by atoms with Gasteiger partial charge in [0.25, 0.3) is 0 Å². The Hall–Kier alpha value is -2.88. The average molecular weight is 543 g/mol. The summed E-state index contributed by atoms with van der Waals surface area (Å²) in [5.74, 6) is 2.13. The van der Waals surface area contributed by atoms with Gasteiger partial charge in [-0.05, 0) is 103 Å². The van der Waals surface area contributed by atoms with Crippen molar-refractivity contribution in [1.82, 2.24) is 0 Å². The standard InChI is InChI=1S/C36H46O4/c1-2-3-4-5-6-7-8-9-10-35(39)40-33-17-16-31(30-14-11-26(12-15-30)13-18-34(37)38)22-32(33)36-23-27-19-28(24-36)21-29(20-27)25-36/h11-18,22,27-29H,2-10,19-21,23-25H2,1H3,(H,37,38). The minimum absolute atomic E-state index is 0.0979. The molecule has 4 aliphatic rings. The van der Waals surface area contributed by atoms with Crippen LogP contribution in [-0.2, 0) is 15.0 Å². The smallest absolute Gasteiger partial charge is 0.328 e. The fourth-order valence-corrected chi connectivity index (χ4v) is 8.18. The minimum atomic E-state index is -0.947. The summed E-state index contributed by atoms with van der Waals surface area (Å²) in [7, 11) is 0. The molecule has 2 aromatic rings. The van der Waals surface area contributed by atoms with E-state index < -0.39 is 5.97 Å². The Bertz CT molecular complexity index is 1160. The highest BCUT2D eigenvalue weighted by Crippen LogP contribution is 2.62. The first kappa shape index (κ1) is 28.6. The molecule has 4 bridgehead atoms. The average Bonchev–Trinajstić information content (AvgIpc) is 2.93. The molecule has 0 spiro atoms. The molecule has 0 heterocycles. The second kappa shape index (κ2) is 13.2. The Morgan fingerprint density at radius 3 is 2.00 bits per heavy atom. The van der Waals surface area contributed by atoms with Crippen LogP contribution in [0.3, 0.4) is 0 Å². The van der Waals surface area contributed by atoms with Crippen molar-refractivity contribution in [1.29, 1.82) is 0 Å². The molecule has 0 radical (unpaired) electrons. The van der Waals surface area contributed by atoms with Crippen LogP contribution in [0.4, 0.5) is 0 Å². The van der Waals surface area contributed by atoms with Crippen molar-refractivity contribution in [2.75, 3.05) is 0 Å². The van der Waals surface area contributed by atoms with Crippen LogP contribution in [0.15, 0.2) is 48.5 Å². The van der Waals surface area contributed by atoms with Gasteiger partial charge in [0.05, 0.1) is 0 Å². The maximum absolute atomic E-state index is 13.0. The first-order valence-electron chi connectivity index (χ1n) is 15.8. The Morgan fingerprint density at radius 2 is 1.40 bits per heavy atom. The molecule has 40 heavy (non-hydrogen) atoms. The molecule has 0 amide bonds. The second-order valence-electron chi connectivity index (χ2n) is 12.9. The van der Waals surface area contributed by atoms with Crippen LogP contribution in [-0.4, -0.2) is 17.0 Å². The number of esters is 1. The molecule has 2 aromatic carbocycles. The van der Waals surface area contributed by atoms with Crippen molar-refractivity contribution in [3.05, 3.63) is 59.7 Å². The van der Waals surface area contributed by atoms with E-state index in [0.717, 1.165) is 59.1 Å². The van der Waals surface area contributed by atoms with Crippen LogP contribution in [0.2, 0.25) is 0 Å². The zero-order valence-corrected chi connectivity index (χ0v) is 24.2. The van der Waals surface area contributed by atoms with Crippen LogP contribution in [0.5, 0.6) is 5.75 Å². The van der Waals surface area contributed by atoms with Gasteiger partial charge in [-0.3, -0.25) is 4.79 Å². The van der Waals surface area contributed by atoms with Crippen molar-refractivity contribution in [2.24, 2.45) is 17.8 Å². The maximum atomic E-state index is 13.0. The van der Waals surface area contributed by atoms with Gasteiger partial charge in [0.1, 0.15) is 5.75 Å². The molecule has 0 atom stereocenters. The number of hydrogen-bond acceptors (Lipinski definition) is 3. The normalized spacial score (nSPS) is 25.0. The number of carboxylic acids is 1. The van der Waals surface area contributed by atoms with Crippen LogP contribution < -0.4 is 4.74 Å². The second-order valence-corrected chi connectivity index (χ2v) is 12.9. The fourth-order valence-electron chi connectivity index (χ4n) is 8.18. The molecule has 4 fully saturated rings. The lowest BCUT2D eigenvalue weighted by Crippen LogP contribution is -2.48. The van der Waals surface area contributed by atoms with Crippen molar-refractivity contribution in [3.63, 3.8) is 0 Å². The molecule has 214 valence electrons. The zero-order valence-electron chi connectivity index (χ0n) is 24.2. The quantitative estimate of drug-likeness (QED) is 0.112. The molecule has 4 saturated carbocycles. The SMILES string of the molecule is CCCCCCCCCCC(=O)Oc1ccc(-c2ccc(C=CC(=O)O)cc2)cc1C12CC3CC(CC(C3)C1)C2. The van der Waals surface area contributed by atoms with Crippen LogP contribution in [0.1, 0.15) is 114 Å². The number of unbranched alkanes of at least 4 members (excludes halogenated alkanes) is 7. The lowest BCUT2D eigenvalue weighted by atomic mass is 9.48. The van der Waals surface area contributed by atoms with Crippen LogP contribution >= 0.6 is 0 Å². The highest BCUT2D eigenvalue weighted by Gasteiger charge is 2.52. The van der Waals surface area contributed by atoms with Gasteiger partial charge in [0.2, 0.25) is 0 Å².